The molecule has 0 saturated heterocycles. The van der Waals surface area contributed by atoms with Gasteiger partial charge in [0, 0.05) is 23.0 Å². The number of hydrogen-bond donors (Lipinski definition) is 1. The lowest BCUT2D eigenvalue weighted by Crippen LogP contribution is -2.32. The van der Waals surface area contributed by atoms with Crippen LogP contribution in [0.4, 0.5) is 4.39 Å². The highest BCUT2D eigenvalue weighted by molar-refractivity contribution is 7.10. The molecule has 0 aliphatic heterocycles. The lowest BCUT2D eigenvalue weighted by molar-refractivity contribution is 0.285. The molecule has 20 heavy (non-hydrogen) atoms. The Morgan fingerprint density at radius 2 is 1.95 bits per heavy atom. The van der Waals surface area contributed by atoms with Gasteiger partial charge in [-0.25, -0.2) is 4.39 Å². The van der Waals surface area contributed by atoms with E-state index < -0.39 is 0 Å². The summed E-state index contributed by atoms with van der Waals surface area (Å²) in [5.41, 5.74) is 0.719. The van der Waals surface area contributed by atoms with Gasteiger partial charge in [0.15, 0.2) is 0 Å². The number of nitrogens with zero attached hydrogens (tertiary/aromatic N) is 1. The monoisotopic (exact) mass is 292 g/mol. The molecule has 4 heteroatoms. The van der Waals surface area contributed by atoms with E-state index in [0.717, 1.165) is 12.1 Å². The third-order valence-electron chi connectivity index (χ3n) is 3.48. The summed E-state index contributed by atoms with van der Waals surface area (Å²) in [6.45, 7) is 2.79. The standard InChI is InChI=1S/C16H21FN2S/c1-12(13-7-4-5-8-14(13)17)18-11-15(19(2)3)16-9-6-10-20-16/h4-10,12,15,18H,11H2,1-3H3. The van der Waals surface area contributed by atoms with Crippen molar-refractivity contribution in [1.29, 1.82) is 0 Å². The average molecular weight is 292 g/mol. The first-order valence-corrected chi connectivity index (χ1v) is 7.65. The van der Waals surface area contributed by atoms with Gasteiger partial charge in [0.2, 0.25) is 0 Å². The molecule has 1 aromatic heterocycles. The molecule has 0 bridgehead atoms. The number of benzene rings is 1. The molecule has 1 aromatic carbocycles. The third kappa shape index (κ3) is 3.66. The zero-order chi connectivity index (χ0) is 14.5. The van der Waals surface area contributed by atoms with Crippen LogP contribution in [0.25, 0.3) is 0 Å². The third-order valence-corrected chi connectivity index (χ3v) is 4.46. The number of nitrogens with one attached hydrogen (secondary N) is 1. The Hall–Kier alpha value is -1.23. The van der Waals surface area contributed by atoms with Crippen LogP contribution in [-0.2, 0) is 0 Å². The van der Waals surface area contributed by atoms with Crippen LogP contribution in [0.5, 0.6) is 0 Å². The Bertz CT molecular complexity index is 525. The van der Waals surface area contributed by atoms with Gasteiger partial charge < -0.3 is 10.2 Å². The lowest BCUT2D eigenvalue weighted by atomic mass is 10.1. The predicted octanol–water partition coefficient (Wildman–Crippen LogP) is 3.84. The molecule has 2 nitrogen and oxygen atoms in total. The Labute approximate surface area is 124 Å². The van der Waals surface area contributed by atoms with Crippen LogP contribution in [0.3, 0.4) is 0 Å². The normalized spacial score (nSPS) is 14.4. The fourth-order valence-corrected chi connectivity index (χ4v) is 3.17. The summed E-state index contributed by atoms with van der Waals surface area (Å²) < 4.78 is 13.7. The van der Waals surface area contributed by atoms with E-state index in [0.29, 0.717) is 6.04 Å². The summed E-state index contributed by atoms with van der Waals surface area (Å²) in [7, 11) is 4.14. The van der Waals surface area contributed by atoms with Crippen LogP contribution in [-0.4, -0.2) is 25.5 Å². The van der Waals surface area contributed by atoms with E-state index in [9.17, 15) is 4.39 Å². The molecule has 1 N–H and O–H groups in total. The molecule has 108 valence electrons. The zero-order valence-electron chi connectivity index (χ0n) is 12.1. The van der Waals surface area contributed by atoms with Crippen LogP contribution in [0.2, 0.25) is 0 Å². The SMILES string of the molecule is CC(NCC(c1cccs1)N(C)C)c1ccccc1F. The molecule has 1 heterocycles. The molecule has 0 aliphatic carbocycles. The molecule has 0 spiro atoms. The second-order valence-corrected chi connectivity index (χ2v) is 6.13. The molecule has 0 amide bonds. The highest BCUT2D eigenvalue weighted by Crippen LogP contribution is 2.24. The molecular weight excluding hydrogens is 271 g/mol. The minimum atomic E-state index is -0.148. The summed E-state index contributed by atoms with van der Waals surface area (Å²) in [5.74, 6) is -0.148. The Balaban J connectivity index is 2.01. The summed E-state index contributed by atoms with van der Waals surface area (Å²) in [4.78, 5) is 3.51. The van der Waals surface area contributed by atoms with Gasteiger partial charge in [-0.05, 0) is 38.5 Å². The van der Waals surface area contributed by atoms with E-state index in [1.54, 1.807) is 17.4 Å². The number of rotatable bonds is 6. The van der Waals surface area contributed by atoms with Crippen molar-refractivity contribution in [2.45, 2.75) is 19.0 Å². The average Bonchev–Trinajstić information content (AvgIpc) is 2.92. The first-order valence-electron chi connectivity index (χ1n) is 6.77. The summed E-state index contributed by atoms with van der Waals surface area (Å²) in [5, 5.41) is 5.52. The Morgan fingerprint density at radius 1 is 1.20 bits per heavy atom. The molecule has 2 rings (SSSR count). The molecule has 2 atom stereocenters. The maximum atomic E-state index is 13.7. The largest absolute Gasteiger partial charge is 0.308 e. The van der Waals surface area contributed by atoms with E-state index >= 15 is 0 Å². The lowest BCUT2D eigenvalue weighted by Gasteiger charge is -2.26. The van der Waals surface area contributed by atoms with E-state index in [1.807, 2.05) is 19.1 Å². The van der Waals surface area contributed by atoms with Crippen LogP contribution in [0, 0.1) is 5.82 Å². The maximum Gasteiger partial charge on any atom is 0.127 e. The van der Waals surface area contributed by atoms with Gasteiger partial charge in [-0.2, -0.15) is 0 Å². The number of thiophene rings is 1. The highest BCUT2D eigenvalue weighted by Gasteiger charge is 2.17. The Morgan fingerprint density at radius 3 is 2.55 bits per heavy atom. The van der Waals surface area contributed by atoms with Gasteiger partial charge in [0.05, 0.1) is 6.04 Å². The zero-order valence-corrected chi connectivity index (χ0v) is 13.0. The minimum Gasteiger partial charge on any atom is -0.308 e. The number of hydrogen-bond acceptors (Lipinski definition) is 3. The molecule has 0 saturated carbocycles. The quantitative estimate of drug-likeness (QED) is 0.870. The van der Waals surface area contributed by atoms with Crippen LogP contribution in [0.1, 0.15) is 29.4 Å². The Kier molecular flexibility index (Phi) is 5.29. The van der Waals surface area contributed by atoms with Crippen molar-refractivity contribution in [1.82, 2.24) is 10.2 Å². The van der Waals surface area contributed by atoms with Crippen molar-refractivity contribution in [2.75, 3.05) is 20.6 Å². The highest BCUT2D eigenvalue weighted by atomic mass is 32.1. The van der Waals surface area contributed by atoms with Gasteiger partial charge in [-0.3, -0.25) is 0 Å². The van der Waals surface area contributed by atoms with Crippen molar-refractivity contribution in [2.24, 2.45) is 0 Å². The van der Waals surface area contributed by atoms with Crippen molar-refractivity contribution >= 4 is 11.3 Å². The topological polar surface area (TPSA) is 15.3 Å². The molecule has 2 unspecified atom stereocenters. The van der Waals surface area contributed by atoms with Gasteiger partial charge in [0.1, 0.15) is 5.82 Å². The fraction of sp³-hybridized carbons (Fsp3) is 0.375. The first kappa shape index (κ1) is 15.2. The van der Waals surface area contributed by atoms with Crippen LogP contribution < -0.4 is 5.32 Å². The summed E-state index contributed by atoms with van der Waals surface area (Å²) in [6, 6.07) is 11.5. The van der Waals surface area contributed by atoms with Crippen molar-refractivity contribution in [3.8, 4) is 0 Å². The number of likely N-dealkylation sites (N-methyl/N-ethyl adjacent to an activating group) is 1. The summed E-state index contributed by atoms with van der Waals surface area (Å²) in [6.07, 6.45) is 0. The van der Waals surface area contributed by atoms with Crippen molar-refractivity contribution in [3.05, 3.63) is 58.0 Å². The van der Waals surface area contributed by atoms with Crippen LogP contribution in [0.15, 0.2) is 41.8 Å². The maximum absolute atomic E-state index is 13.7. The van der Waals surface area contributed by atoms with E-state index in [-0.39, 0.29) is 11.9 Å². The number of halogens is 1. The van der Waals surface area contributed by atoms with E-state index in [4.69, 9.17) is 0 Å². The van der Waals surface area contributed by atoms with Gasteiger partial charge in [0.25, 0.3) is 0 Å². The molecule has 2 aromatic rings. The van der Waals surface area contributed by atoms with Gasteiger partial charge in [-0.15, -0.1) is 11.3 Å². The van der Waals surface area contributed by atoms with E-state index in [1.165, 1.54) is 10.9 Å². The second-order valence-electron chi connectivity index (χ2n) is 5.15. The predicted molar refractivity (Wildman–Crippen MR) is 83.6 cm³/mol. The van der Waals surface area contributed by atoms with Gasteiger partial charge >= 0.3 is 0 Å². The van der Waals surface area contributed by atoms with Crippen molar-refractivity contribution < 1.29 is 4.39 Å². The molecule has 0 aliphatic rings. The second kappa shape index (κ2) is 6.97. The summed E-state index contributed by atoms with van der Waals surface area (Å²) >= 11 is 1.75. The molecular formula is C16H21FN2S. The molecule has 0 fully saturated rings. The fourth-order valence-electron chi connectivity index (χ4n) is 2.24. The van der Waals surface area contributed by atoms with Crippen LogP contribution >= 0.6 is 11.3 Å². The van der Waals surface area contributed by atoms with Crippen molar-refractivity contribution in [3.63, 3.8) is 0 Å². The minimum absolute atomic E-state index is 0.00128. The van der Waals surface area contributed by atoms with Gasteiger partial charge in [-0.1, -0.05) is 24.3 Å². The molecule has 0 radical (unpaired) electrons. The smallest absolute Gasteiger partial charge is 0.127 e. The first-order chi connectivity index (χ1) is 9.59. The van der Waals surface area contributed by atoms with E-state index in [2.05, 4.69) is 41.8 Å².